The van der Waals surface area contributed by atoms with Crippen molar-refractivity contribution in [2.45, 2.75) is 25.7 Å². The Morgan fingerprint density at radius 1 is 0.963 bits per heavy atom. The first kappa shape index (κ1) is 18.1. The number of carboxylic acid groups (broad SMARTS) is 1. The quantitative estimate of drug-likeness (QED) is 0.879. The topological polar surface area (TPSA) is 70.1 Å². The number of carbonyl (C=O) groups excluding carboxylic acids is 1. The third-order valence-electron chi connectivity index (χ3n) is 6.81. The number of aliphatic carboxylic acids is 1. The minimum atomic E-state index is -0.782. The second-order valence-electron chi connectivity index (χ2n) is 8.05. The van der Waals surface area contributed by atoms with Crippen molar-refractivity contribution in [3.63, 3.8) is 0 Å². The average molecular weight is 372 g/mol. The zero-order chi connectivity index (χ0) is 19.0. The summed E-state index contributed by atoms with van der Waals surface area (Å²) in [5.74, 6) is -0.267. The maximum absolute atomic E-state index is 13.2. The van der Waals surface area contributed by atoms with Gasteiger partial charge in [-0.05, 0) is 49.7 Å². The summed E-state index contributed by atoms with van der Waals surface area (Å²) in [6.07, 6.45) is 3.94. The first-order valence-corrected chi connectivity index (χ1v) is 9.99. The van der Waals surface area contributed by atoms with E-state index in [1.165, 1.54) is 0 Å². The minimum Gasteiger partial charge on any atom is -0.495 e. The number of carbonyl (C=O) groups is 2. The molecule has 0 aromatic heterocycles. The Labute approximate surface area is 160 Å². The summed E-state index contributed by atoms with van der Waals surface area (Å²) < 4.78 is 5.45. The molecule has 0 unspecified atom stereocenters. The molecule has 0 spiro atoms. The lowest BCUT2D eigenvalue weighted by atomic mass is 9.58. The number of benzene rings is 1. The Balaban J connectivity index is 1.45. The molecule has 146 valence electrons. The van der Waals surface area contributed by atoms with Crippen LogP contribution >= 0.6 is 0 Å². The van der Waals surface area contributed by atoms with E-state index in [4.69, 9.17) is 4.74 Å². The van der Waals surface area contributed by atoms with Crippen LogP contribution in [0.15, 0.2) is 24.3 Å². The molecular formula is C21H28N2O4. The highest BCUT2D eigenvalue weighted by atomic mass is 16.5. The molecule has 0 radical (unpaired) electrons. The van der Waals surface area contributed by atoms with Gasteiger partial charge in [-0.2, -0.15) is 0 Å². The van der Waals surface area contributed by atoms with Crippen molar-refractivity contribution in [2.24, 2.45) is 23.7 Å². The van der Waals surface area contributed by atoms with Crippen molar-refractivity contribution >= 4 is 17.6 Å². The van der Waals surface area contributed by atoms with E-state index in [-0.39, 0.29) is 23.7 Å². The number of nitrogens with zero attached hydrogens (tertiary/aromatic N) is 2. The van der Waals surface area contributed by atoms with Crippen LogP contribution in [-0.4, -0.2) is 55.2 Å². The summed E-state index contributed by atoms with van der Waals surface area (Å²) in [7, 11) is 1.67. The van der Waals surface area contributed by atoms with Crippen LogP contribution in [0.25, 0.3) is 0 Å². The van der Waals surface area contributed by atoms with Crippen LogP contribution in [0.1, 0.15) is 25.7 Å². The fourth-order valence-corrected chi connectivity index (χ4v) is 5.43. The van der Waals surface area contributed by atoms with Gasteiger partial charge in [0, 0.05) is 26.2 Å². The molecule has 1 saturated heterocycles. The molecule has 3 saturated carbocycles. The lowest BCUT2D eigenvalue weighted by Crippen LogP contribution is -2.56. The van der Waals surface area contributed by atoms with E-state index in [0.717, 1.165) is 50.2 Å². The zero-order valence-electron chi connectivity index (χ0n) is 15.8. The molecule has 27 heavy (non-hydrogen) atoms. The molecule has 3 aliphatic carbocycles. The summed E-state index contributed by atoms with van der Waals surface area (Å²) in [4.78, 5) is 29.2. The van der Waals surface area contributed by atoms with E-state index in [1.807, 2.05) is 29.2 Å². The predicted octanol–water partition coefficient (Wildman–Crippen LogP) is 2.48. The Bertz CT molecular complexity index is 706. The zero-order valence-corrected chi connectivity index (χ0v) is 15.8. The van der Waals surface area contributed by atoms with Crippen molar-refractivity contribution in [3.05, 3.63) is 24.3 Å². The van der Waals surface area contributed by atoms with Gasteiger partial charge in [-0.3, -0.25) is 9.59 Å². The number of fused-ring (bicyclic) bond motifs is 3. The maximum atomic E-state index is 13.2. The Hall–Kier alpha value is -2.24. The molecule has 2 bridgehead atoms. The highest BCUT2D eigenvalue weighted by Gasteiger charge is 2.51. The first-order valence-electron chi connectivity index (χ1n) is 9.99. The van der Waals surface area contributed by atoms with E-state index in [1.54, 1.807) is 7.11 Å². The summed E-state index contributed by atoms with van der Waals surface area (Å²) in [6, 6.07) is 7.93. The van der Waals surface area contributed by atoms with Crippen LogP contribution in [0.5, 0.6) is 5.75 Å². The Morgan fingerprint density at radius 2 is 1.56 bits per heavy atom. The summed E-state index contributed by atoms with van der Waals surface area (Å²) >= 11 is 0. The lowest BCUT2D eigenvalue weighted by molar-refractivity contribution is -0.162. The van der Waals surface area contributed by atoms with E-state index in [9.17, 15) is 14.7 Å². The van der Waals surface area contributed by atoms with Crippen LogP contribution in [0.3, 0.4) is 0 Å². The number of methoxy groups -OCH3 is 1. The number of hydrogen-bond acceptors (Lipinski definition) is 4. The van der Waals surface area contributed by atoms with Crippen LogP contribution in [0.4, 0.5) is 5.69 Å². The van der Waals surface area contributed by atoms with Crippen molar-refractivity contribution in [3.8, 4) is 5.75 Å². The van der Waals surface area contributed by atoms with Gasteiger partial charge in [0.15, 0.2) is 0 Å². The lowest BCUT2D eigenvalue weighted by Gasteiger charge is -2.48. The number of rotatable bonds is 4. The van der Waals surface area contributed by atoms with Gasteiger partial charge in [-0.15, -0.1) is 0 Å². The number of para-hydroxylation sites is 2. The predicted molar refractivity (Wildman–Crippen MR) is 102 cm³/mol. The summed E-state index contributed by atoms with van der Waals surface area (Å²) in [5, 5.41) is 9.73. The molecule has 6 nitrogen and oxygen atoms in total. The van der Waals surface area contributed by atoms with Crippen LogP contribution in [0.2, 0.25) is 0 Å². The standard InChI is InChI=1S/C21H28N2O4/c1-27-17-5-3-2-4-16(17)22-10-12-23(13-11-22)20(24)18-14-6-8-15(9-7-14)19(18)21(25)26/h2-5,14-15,18-19H,6-13H2,1H3,(H,25,26)/t14?,15?,18-,19-/m1/s1. The van der Waals surface area contributed by atoms with Crippen LogP contribution in [0, 0.1) is 23.7 Å². The largest absolute Gasteiger partial charge is 0.495 e. The van der Waals surface area contributed by atoms with E-state index < -0.39 is 11.9 Å². The fourth-order valence-electron chi connectivity index (χ4n) is 5.43. The number of carboxylic acids is 1. The van der Waals surface area contributed by atoms with Crippen LogP contribution in [-0.2, 0) is 9.59 Å². The van der Waals surface area contributed by atoms with Crippen molar-refractivity contribution < 1.29 is 19.4 Å². The molecule has 2 atom stereocenters. The summed E-state index contributed by atoms with van der Waals surface area (Å²) in [6.45, 7) is 2.75. The van der Waals surface area contributed by atoms with Crippen molar-refractivity contribution in [2.75, 3.05) is 38.2 Å². The van der Waals surface area contributed by atoms with Gasteiger partial charge in [-0.25, -0.2) is 0 Å². The highest BCUT2D eigenvalue weighted by molar-refractivity contribution is 5.86. The average Bonchev–Trinajstić information content (AvgIpc) is 2.73. The molecule has 1 aliphatic heterocycles. The number of anilines is 1. The highest BCUT2D eigenvalue weighted by Crippen LogP contribution is 2.49. The third-order valence-corrected chi connectivity index (χ3v) is 6.81. The van der Waals surface area contributed by atoms with Gasteiger partial charge in [0.25, 0.3) is 0 Å². The first-order chi connectivity index (χ1) is 13.1. The maximum Gasteiger partial charge on any atom is 0.307 e. The van der Waals surface area contributed by atoms with E-state index in [2.05, 4.69) is 4.90 Å². The number of ether oxygens (including phenoxy) is 1. The molecule has 4 fully saturated rings. The molecule has 1 N–H and O–H groups in total. The number of hydrogen-bond donors (Lipinski definition) is 1. The normalized spacial score (nSPS) is 30.3. The van der Waals surface area contributed by atoms with Gasteiger partial charge < -0.3 is 19.6 Å². The van der Waals surface area contributed by atoms with Gasteiger partial charge in [0.2, 0.25) is 5.91 Å². The van der Waals surface area contributed by atoms with Crippen molar-refractivity contribution in [1.29, 1.82) is 0 Å². The smallest absolute Gasteiger partial charge is 0.307 e. The fraction of sp³-hybridized carbons (Fsp3) is 0.619. The SMILES string of the molecule is COc1ccccc1N1CCN(C(=O)[C@@H]2C3CCC(CC3)[C@H]2C(=O)O)CC1. The molecular weight excluding hydrogens is 344 g/mol. The van der Waals surface area contributed by atoms with Gasteiger partial charge in [-0.1, -0.05) is 12.1 Å². The molecule has 1 heterocycles. The summed E-state index contributed by atoms with van der Waals surface area (Å²) in [5.41, 5.74) is 1.05. The number of piperazine rings is 1. The molecule has 1 aromatic rings. The molecule has 1 amide bonds. The van der Waals surface area contributed by atoms with E-state index in [0.29, 0.717) is 13.1 Å². The van der Waals surface area contributed by atoms with Crippen molar-refractivity contribution in [1.82, 2.24) is 4.90 Å². The molecule has 1 aromatic carbocycles. The Kier molecular flexibility index (Phi) is 4.98. The molecule has 4 aliphatic rings. The second-order valence-corrected chi connectivity index (χ2v) is 8.05. The monoisotopic (exact) mass is 372 g/mol. The second kappa shape index (κ2) is 7.41. The molecule has 5 rings (SSSR count). The van der Waals surface area contributed by atoms with Gasteiger partial charge in [0.1, 0.15) is 5.75 Å². The molecule has 6 heteroatoms. The van der Waals surface area contributed by atoms with E-state index >= 15 is 0 Å². The third kappa shape index (κ3) is 3.26. The Morgan fingerprint density at radius 3 is 2.15 bits per heavy atom. The van der Waals surface area contributed by atoms with Crippen LogP contribution < -0.4 is 9.64 Å². The van der Waals surface area contributed by atoms with Gasteiger partial charge in [0.05, 0.1) is 24.6 Å². The number of amides is 1. The van der Waals surface area contributed by atoms with Gasteiger partial charge >= 0.3 is 5.97 Å². The minimum absolute atomic E-state index is 0.0662.